The molecule has 4 rings (SSSR count). The van der Waals surface area contributed by atoms with E-state index in [1.54, 1.807) is 12.1 Å². The second-order valence-corrected chi connectivity index (χ2v) is 8.73. The van der Waals surface area contributed by atoms with Crippen LogP contribution in [0.1, 0.15) is 32.3 Å². The number of nitrogens with zero attached hydrogens (tertiary/aromatic N) is 2. The Hall–Kier alpha value is -2.15. The third-order valence-electron chi connectivity index (χ3n) is 5.41. The molecule has 1 aliphatic heterocycles. The van der Waals surface area contributed by atoms with Crippen molar-refractivity contribution in [3.05, 3.63) is 73.2 Å². The van der Waals surface area contributed by atoms with E-state index in [9.17, 15) is 9.59 Å². The van der Waals surface area contributed by atoms with Gasteiger partial charge in [-0.05, 0) is 56.6 Å². The SMILES string of the molecule is CC1CCCN1C(=O)Cc1ccccc1.CCn1c(=S)[nH]c2cc(Cl)c(Cl)cc2c1=O. The summed E-state index contributed by atoms with van der Waals surface area (Å²) in [6.45, 7) is 5.45. The van der Waals surface area contributed by atoms with Gasteiger partial charge in [-0.1, -0.05) is 53.5 Å². The summed E-state index contributed by atoms with van der Waals surface area (Å²) >= 11 is 16.8. The summed E-state index contributed by atoms with van der Waals surface area (Å²) in [6.07, 6.45) is 2.85. The Morgan fingerprint density at radius 1 is 1.19 bits per heavy atom. The van der Waals surface area contributed by atoms with Gasteiger partial charge in [0.05, 0.1) is 27.4 Å². The third kappa shape index (κ3) is 5.56. The van der Waals surface area contributed by atoms with Gasteiger partial charge in [-0.25, -0.2) is 0 Å². The number of halogens is 2. The van der Waals surface area contributed by atoms with Gasteiger partial charge in [0.15, 0.2) is 4.77 Å². The van der Waals surface area contributed by atoms with Gasteiger partial charge < -0.3 is 9.88 Å². The molecule has 1 aliphatic rings. The van der Waals surface area contributed by atoms with Crippen molar-refractivity contribution in [1.82, 2.24) is 14.5 Å². The summed E-state index contributed by atoms with van der Waals surface area (Å²) in [5.41, 5.74) is 1.57. The van der Waals surface area contributed by atoms with Crippen LogP contribution in [0.2, 0.25) is 10.0 Å². The van der Waals surface area contributed by atoms with E-state index < -0.39 is 0 Å². The first kappa shape index (κ1) is 23.5. The number of likely N-dealkylation sites (tertiary alicyclic amines) is 1. The lowest BCUT2D eigenvalue weighted by Crippen LogP contribution is -2.34. The maximum atomic E-state index is 12.0. The van der Waals surface area contributed by atoms with Crippen molar-refractivity contribution >= 4 is 52.2 Å². The number of nitrogens with one attached hydrogen (secondary N) is 1. The molecule has 1 aromatic heterocycles. The van der Waals surface area contributed by atoms with Gasteiger partial charge in [0, 0.05) is 19.1 Å². The largest absolute Gasteiger partial charge is 0.340 e. The summed E-state index contributed by atoms with van der Waals surface area (Å²) < 4.78 is 1.86. The molecule has 8 heteroatoms. The standard InChI is InChI=1S/C13H17NO.C10H8Cl2N2OS/c1-11-6-5-9-14(11)13(15)10-12-7-3-2-4-8-12;1-2-14-9(15)5-3-6(11)7(12)4-8(5)13-10(14)16/h2-4,7-8,11H,5-6,9-10H2,1H3;3-4H,2H2,1H3,(H,13,16). The zero-order valence-corrected chi connectivity index (χ0v) is 19.9. The van der Waals surface area contributed by atoms with E-state index in [4.69, 9.17) is 35.4 Å². The van der Waals surface area contributed by atoms with Crippen molar-refractivity contribution in [3.63, 3.8) is 0 Å². The molecule has 3 aromatic rings. The number of aromatic amines is 1. The van der Waals surface area contributed by atoms with Crippen LogP contribution in [0, 0.1) is 4.77 Å². The highest BCUT2D eigenvalue weighted by molar-refractivity contribution is 7.71. The van der Waals surface area contributed by atoms with Crippen molar-refractivity contribution in [2.75, 3.05) is 6.54 Å². The predicted molar refractivity (Wildman–Crippen MR) is 130 cm³/mol. The number of benzene rings is 2. The van der Waals surface area contributed by atoms with Crippen LogP contribution in [0.25, 0.3) is 10.9 Å². The summed E-state index contributed by atoms with van der Waals surface area (Å²) in [5.74, 6) is 0.270. The van der Waals surface area contributed by atoms with Gasteiger partial charge in [0.1, 0.15) is 0 Å². The fraction of sp³-hybridized carbons (Fsp3) is 0.348. The van der Waals surface area contributed by atoms with Gasteiger partial charge in [0.2, 0.25) is 5.91 Å². The van der Waals surface area contributed by atoms with Crippen LogP contribution in [-0.4, -0.2) is 32.9 Å². The lowest BCUT2D eigenvalue weighted by atomic mass is 10.1. The van der Waals surface area contributed by atoms with Crippen LogP contribution >= 0.6 is 35.4 Å². The van der Waals surface area contributed by atoms with Crippen LogP contribution < -0.4 is 5.56 Å². The van der Waals surface area contributed by atoms with Gasteiger partial charge in [-0.3, -0.25) is 14.2 Å². The number of hydrogen-bond donors (Lipinski definition) is 1. The van der Waals surface area contributed by atoms with Crippen molar-refractivity contribution in [1.29, 1.82) is 0 Å². The molecule has 0 saturated carbocycles. The van der Waals surface area contributed by atoms with Gasteiger partial charge >= 0.3 is 0 Å². The molecule has 164 valence electrons. The zero-order valence-electron chi connectivity index (χ0n) is 17.5. The molecule has 2 heterocycles. The average Bonchev–Trinajstić information content (AvgIpc) is 3.17. The summed E-state index contributed by atoms with van der Waals surface area (Å²) in [5, 5.41) is 1.25. The zero-order chi connectivity index (χ0) is 22.5. The van der Waals surface area contributed by atoms with Crippen molar-refractivity contribution in [2.24, 2.45) is 0 Å². The van der Waals surface area contributed by atoms with E-state index in [0.29, 0.717) is 44.7 Å². The molecular formula is C23H25Cl2N3O2S. The number of amides is 1. The second-order valence-electron chi connectivity index (χ2n) is 7.53. The highest BCUT2D eigenvalue weighted by Gasteiger charge is 2.24. The molecule has 0 spiro atoms. The topological polar surface area (TPSA) is 58.1 Å². The first-order chi connectivity index (χ1) is 14.8. The first-order valence-electron chi connectivity index (χ1n) is 10.3. The van der Waals surface area contributed by atoms with E-state index >= 15 is 0 Å². The number of aromatic nitrogens is 2. The van der Waals surface area contributed by atoms with Crippen LogP contribution in [0.15, 0.2) is 47.3 Å². The molecular weight excluding hydrogens is 453 g/mol. The molecule has 5 nitrogen and oxygen atoms in total. The number of fused-ring (bicyclic) bond motifs is 1. The van der Waals surface area contributed by atoms with Crippen molar-refractivity contribution < 1.29 is 4.79 Å². The summed E-state index contributed by atoms with van der Waals surface area (Å²) in [7, 11) is 0. The molecule has 0 bridgehead atoms. The smallest absolute Gasteiger partial charge is 0.262 e. The van der Waals surface area contributed by atoms with Crippen LogP contribution in [0.5, 0.6) is 0 Å². The number of hydrogen-bond acceptors (Lipinski definition) is 3. The monoisotopic (exact) mass is 477 g/mol. The fourth-order valence-electron chi connectivity index (χ4n) is 3.71. The third-order valence-corrected chi connectivity index (χ3v) is 6.46. The number of carbonyl (C=O) groups excluding carboxylic acids is 1. The van der Waals surface area contributed by atoms with Crippen molar-refractivity contribution in [2.45, 2.75) is 45.7 Å². The Labute approximate surface area is 196 Å². The normalized spacial score (nSPS) is 15.6. The Balaban J connectivity index is 0.000000176. The minimum atomic E-state index is -0.153. The predicted octanol–water partition coefficient (Wildman–Crippen LogP) is 5.63. The summed E-state index contributed by atoms with van der Waals surface area (Å²) in [6, 6.07) is 13.6. The van der Waals surface area contributed by atoms with Crippen LogP contribution in [-0.2, 0) is 17.8 Å². The molecule has 31 heavy (non-hydrogen) atoms. The molecule has 1 atom stereocenters. The Bertz CT molecular complexity index is 1190. The Morgan fingerprint density at radius 2 is 1.87 bits per heavy atom. The number of rotatable bonds is 3. The van der Waals surface area contributed by atoms with Gasteiger partial charge in [-0.2, -0.15) is 0 Å². The number of H-pyrrole nitrogens is 1. The lowest BCUT2D eigenvalue weighted by Gasteiger charge is -2.21. The molecule has 1 unspecified atom stereocenters. The fourth-order valence-corrected chi connectivity index (χ4v) is 4.36. The second kappa shape index (κ2) is 10.4. The van der Waals surface area contributed by atoms with Crippen LogP contribution in [0.3, 0.4) is 0 Å². The van der Waals surface area contributed by atoms with Gasteiger partial charge in [-0.15, -0.1) is 0 Å². The highest BCUT2D eigenvalue weighted by Crippen LogP contribution is 2.25. The van der Waals surface area contributed by atoms with E-state index in [2.05, 4.69) is 11.9 Å². The lowest BCUT2D eigenvalue weighted by molar-refractivity contribution is -0.130. The van der Waals surface area contributed by atoms with E-state index in [-0.39, 0.29) is 11.5 Å². The first-order valence-corrected chi connectivity index (χ1v) is 11.4. The molecule has 1 saturated heterocycles. The number of carbonyl (C=O) groups is 1. The molecule has 2 aromatic carbocycles. The van der Waals surface area contributed by atoms with Crippen molar-refractivity contribution in [3.8, 4) is 0 Å². The molecule has 1 N–H and O–H groups in total. The molecule has 0 radical (unpaired) electrons. The highest BCUT2D eigenvalue weighted by atomic mass is 35.5. The van der Waals surface area contributed by atoms with E-state index in [0.717, 1.165) is 24.9 Å². The van der Waals surface area contributed by atoms with Crippen LogP contribution in [0.4, 0.5) is 0 Å². The molecule has 0 aliphatic carbocycles. The summed E-state index contributed by atoms with van der Waals surface area (Å²) in [4.78, 5) is 28.9. The average molecular weight is 478 g/mol. The Kier molecular flexibility index (Phi) is 7.92. The minimum absolute atomic E-state index is 0.153. The Morgan fingerprint density at radius 3 is 2.48 bits per heavy atom. The maximum absolute atomic E-state index is 12.0. The molecule has 1 fully saturated rings. The van der Waals surface area contributed by atoms with E-state index in [1.807, 2.05) is 42.2 Å². The van der Waals surface area contributed by atoms with E-state index in [1.165, 1.54) is 4.57 Å². The molecule has 1 amide bonds. The minimum Gasteiger partial charge on any atom is -0.340 e. The maximum Gasteiger partial charge on any atom is 0.262 e. The quantitative estimate of drug-likeness (QED) is 0.497. The van der Waals surface area contributed by atoms with Gasteiger partial charge in [0.25, 0.3) is 5.56 Å².